The number of carbonyl (C=O) groups excluding carboxylic acids is 2. The van der Waals surface area contributed by atoms with E-state index in [-0.39, 0.29) is 11.3 Å². The summed E-state index contributed by atoms with van der Waals surface area (Å²) in [4.78, 5) is 35.4. The van der Waals surface area contributed by atoms with Crippen molar-refractivity contribution in [1.82, 2.24) is 0 Å². The molecule has 0 unspecified atom stereocenters. The third-order valence-corrected chi connectivity index (χ3v) is 6.09. The van der Waals surface area contributed by atoms with E-state index in [0.717, 1.165) is 33.0 Å². The molecule has 0 saturated carbocycles. The van der Waals surface area contributed by atoms with E-state index in [2.05, 4.69) is 31.9 Å². The lowest BCUT2D eigenvalue weighted by molar-refractivity contribution is 0.0695. The third-order valence-electron chi connectivity index (χ3n) is 4.94. The fraction of sp³-hybridized carbons (Fsp3) is 0.125. The van der Waals surface area contributed by atoms with Crippen LogP contribution < -0.4 is 0 Å². The van der Waals surface area contributed by atoms with E-state index in [9.17, 15) is 19.5 Å². The van der Waals surface area contributed by atoms with Crippen LogP contribution in [0.4, 0.5) is 0 Å². The lowest BCUT2D eigenvalue weighted by Gasteiger charge is -2.15. The maximum absolute atomic E-state index is 12.1. The van der Waals surface area contributed by atoms with Gasteiger partial charge in [-0.05, 0) is 81.4 Å². The Bertz CT molecular complexity index is 1180. The zero-order valence-corrected chi connectivity index (χ0v) is 19.5. The number of Topliss-reactive ketones (excluding diaryl/α,β-unsaturated/α-hetero) is 1. The standard InChI is InChI=1S/C24H18Br2O4/c1-3-14-8-15(19-7-5-17(25)10-20(19)13(2)28)4-6-18(14)21-11-22(24(29)30)23(26)9-16(21)12-27/h4-12H,3H2,1-2H3,(H,29,30). The second kappa shape index (κ2) is 9.06. The molecule has 0 aliphatic heterocycles. The molecule has 1 N–H and O–H groups in total. The average molecular weight is 530 g/mol. The number of halogens is 2. The SMILES string of the molecule is CCc1cc(-c2ccc(Br)cc2C(C)=O)ccc1-c1cc(C(=O)O)c(Br)cc1C=O. The van der Waals surface area contributed by atoms with E-state index >= 15 is 0 Å². The number of carboxylic acids is 1. The summed E-state index contributed by atoms with van der Waals surface area (Å²) in [5.41, 5.74) is 5.13. The van der Waals surface area contributed by atoms with E-state index in [1.807, 2.05) is 37.3 Å². The van der Waals surface area contributed by atoms with E-state index < -0.39 is 5.97 Å². The van der Waals surface area contributed by atoms with Gasteiger partial charge in [-0.15, -0.1) is 0 Å². The molecule has 0 aliphatic rings. The first-order valence-electron chi connectivity index (χ1n) is 9.23. The number of benzene rings is 3. The summed E-state index contributed by atoms with van der Waals surface area (Å²) in [6, 6.07) is 14.4. The van der Waals surface area contributed by atoms with E-state index in [0.29, 0.717) is 27.6 Å². The van der Waals surface area contributed by atoms with Crippen LogP contribution in [0, 0.1) is 0 Å². The number of ketones is 1. The number of aryl methyl sites for hydroxylation is 1. The van der Waals surface area contributed by atoms with Crippen molar-refractivity contribution in [1.29, 1.82) is 0 Å². The summed E-state index contributed by atoms with van der Waals surface area (Å²) in [6.07, 6.45) is 1.40. The highest BCUT2D eigenvalue weighted by Crippen LogP contribution is 2.35. The van der Waals surface area contributed by atoms with Crippen LogP contribution >= 0.6 is 31.9 Å². The monoisotopic (exact) mass is 528 g/mol. The second-order valence-electron chi connectivity index (χ2n) is 6.81. The Labute approximate surface area is 191 Å². The second-order valence-corrected chi connectivity index (χ2v) is 8.58. The molecule has 4 nitrogen and oxygen atoms in total. The molecule has 0 aliphatic carbocycles. The minimum Gasteiger partial charge on any atom is -0.478 e. The first-order chi connectivity index (χ1) is 14.3. The summed E-state index contributed by atoms with van der Waals surface area (Å²) < 4.78 is 1.19. The van der Waals surface area contributed by atoms with Crippen LogP contribution in [0.1, 0.15) is 50.5 Å². The van der Waals surface area contributed by atoms with Crippen LogP contribution in [0.2, 0.25) is 0 Å². The van der Waals surface area contributed by atoms with E-state index in [1.54, 1.807) is 6.07 Å². The van der Waals surface area contributed by atoms with Crippen molar-refractivity contribution < 1.29 is 19.5 Å². The Morgan fingerprint density at radius 1 is 0.933 bits per heavy atom. The lowest BCUT2D eigenvalue weighted by atomic mass is 9.89. The molecular formula is C24H18Br2O4. The Balaban J connectivity index is 2.22. The summed E-state index contributed by atoms with van der Waals surface area (Å²) in [5.74, 6) is -1.10. The number of carboxylic acid groups (broad SMARTS) is 1. The number of aldehydes is 1. The molecule has 3 aromatic rings. The maximum atomic E-state index is 12.1. The van der Waals surface area contributed by atoms with Gasteiger partial charge in [-0.2, -0.15) is 0 Å². The lowest BCUT2D eigenvalue weighted by Crippen LogP contribution is -2.02. The van der Waals surface area contributed by atoms with Gasteiger partial charge < -0.3 is 5.11 Å². The molecule has 0 saturated heterocycles. The molecule has 0 aromatic heterocycles. The largest absolute Gasteiger partial charge is 0.478 e. The van der Waals surface area contributed by atoms with Crippen LogP contribution in [-0.2, 0) is 6.42 Å². The van der Waals surface area contributed by atoms with Crippen LogP contribution in [0.15, 0.2) is 57.5 Å². The molecule has 0 radical (unpaired) electrons. The molecule has 30 heavy (non-hydrogen) atoms. The van der Waals surface area contributed by atoms with Gasteiger partial charge >= 0.3 is 5.97 Å². The molecule has 6 heteroatoms. The van der Waals surface area contributed by atoms with Crippen LogP contribution in [0.3, 0.4) is 0 Å². The predicted molar refractivity (Wildman–Crippen MR) is 124 cm³/mol. The van der Waals surface area contributed by atoms with E-state index in [4.69, 9.17) is 0 Å². The van der Waals surface area contributed by atoms with Crippen LogP contribution in [-0.4, -0.2) is 23.1 Å². The molecule has 152 valence electrons. The Morgan fingerprint density at radius 2 is 1.63 bits per heavy atom. The number of carbonyl (C=O) groups is 3. The fourth-order valence-electron chi connectivity index (χ4n) is 3.46. The Kier molecular flexibility index (Phi) is 6.68. The molecule has 0 fully saturated rings. The predicted octanol–water partition coefficient (Wildman–Crippen LogP) is 6.82. The molecule has 0 atom stereocenters. The van der Waals surface area contributed by atoms with Crippen molar-refractivity contribution in [3.8, 4) is 22.3 Å². The van der Waals surface area contributed by atoms with Gasteiger partial charge in [0.05, 0.1) is 5.56 Å². The molecule has 3 aromatic carbocycles. The Hall–Kier alpha value is -2.57. The summed E-state index contributed by atoms with van der Waals surface area (Å²) in [5, 5.41) is 9.47. The minimum atomic E-state index is -1.07. The zero-order valence-electron chi connectivity index (χ0n) is 16.3. The number of aromatic carboxylic acids is 1. The van der Waals surface area contributed by atoms with Crippen molar-refractivity contribution in [3.05, 3.63) is 79.7 Å². The smallest absolute Gasteiger partial charge is 0.336 e. The first-order valence-corrected chi connectivity index (χ1v) is 10.8. The number of hydrogen-bond acceptors (Lipinski definition) is 3. The zero-order chi connectivity index (χ0) is 22.0. The number of hydrogen-bond donors (Lipinski definition) is 1. The highest BCUT2D eigenvalue weighted by molar-refractivity contribution is 9.10. The summed E-state index contributed by atoms with van der Waals surface area (Å²) in [7, 11) is 0. The first kappa shape index (κ1) is 22.1. The molecule has 0 heterocycles. The van der Waals surface area contributed by atoms with Gasteiger partial charge in [-0.3, -0.25) is 9.59 Å². The highest BCUT2D eigenvalue weighted by Gasteiger charge is 2.17. The number of rotatable bonds is 6. The van der Waals surface area contributed by atoms with Crippen molar-refractivity contribution in [2.45, 2.75) is 20.3 Å². The molecule has 0 spiro atoms. The summed E-state index contributed by atoms with van der Waals surface area (Å²) in [6.45, 7) is 3.53. The minimum absolute atomic E-state index is 0.0318. The molecule has 0 amide bonds. The van der Waals surface area contributed by atoms with Crippen LogP contribution in [0.5, 0.6) is 0 Å². The van der Waals surface area contributed by atoms with E-state index in [1.165, 1.54) is 19.1 Å². The van der Waals surface area contributed by atoms with Gasteiger partial charge in [0.15, 0.2) is 12.1 Å². The van der Waals surface area contributed by atoms with Gasteiger partial charge in [-0.1, -0.05) is 47.1 Å². The molecule has 3 rings (SSSR count). The van der Waals surface area contributed by atoms with Crippen molar-refractivity contribution in [2.75, 3.05) is 0 Å². The normalized spacial score (nSPS) is 10.7. The van der Waals surface area contributed by atoms with Gasteiger partial charge in [-0.25, -0.2) is 4.79 Å². The third kappa shape index (κ3) is 4.30. The average Bonchev–Trinajstić information content (AvgIpc) is 2.72. The topological polar surface area (TPSA) is 71.4 Å². The van der Waals surface area contributed by atoms with Gasteiger partial charge in [0.2, 0.25) is 0 Å². The van der Waals surface area contributed by atoms with Gasteiger partial charge in [0.25, 0.3) is 0 Å². The van der Waals surface area contributed by atoms with Gasteiger partial charge in [0.1, 0.15) is 0 Å². The fourth-order valence-corrected chi connectivity index (χ4v) is 4.35. The molecule has 0 bridgehead atoms. The molecular weight excluding hydrogens is 512 g/mol. The van der Waals surface area contributed by atoms with Crippen molar-refractivity contribution in [3.63, 3.8) is 0 Å². The van der Waals surface area contributed by atoms with Crippen molar-refractivity contribution >= 4 is 49.9 Å². The maximum Gasteiger partial charge on any atom is 0.336 e. The Morgan fingerprint density at radius 3 is 2.23 bits per heavy atom. The van der Waals surface area contributed by atoms with Gasteiger partial charge in [0, 0.05) is 20.1 Å². The van der Waals surface area contributed by atoms with Crippen molar-refractivity contribution in [2.24, 2.45) is 0 Å². The highest BCUT2D eigenvalue weighted by atomic mass is 79.9. The van der Waals surface area contributed by atoms with Crippen LogP contribution in [0.25, 0.3) is 22.3 Å². The summed E-state index contributed by atoms with van der Waals surface area (Å²) >= 11 is 6.64. The quantitative estimate of drug-likeness (QED) is 0.281.